The zero-order valence-corrected chi connectivity index (χ0v) is 18.2. The van der Waals surface area contributed by atoms with Crippen LogP contribution >= 0.6 is 11.3 Å². The molecule has 0 amide bonds. The number of fused-ring (bicyclic) bond motifs is 1. The quantitative estimate of drug-likeness (QED) is 0.456. The van der Waals surface area contributed by atoms with Gasteiger partial charge in [0.15, 0.2) is 11.6 Å². The average molecular weight is 453 g/mol. The van der Waals surface area contributed by atoms with Crippen LogP contribution in [0.3, 0.4) is 0 Å². The van der Waals surface area contributed by atoms with Gasteiger partial charge in [-0.15, -0.1) is 11.3 Å². The number of nitrogens with zero attached hydrogens (tertiary/aromatic N) is 4. The molecule has 1 fully saturated rings. The third-order valence-electron chi connectivity index (χ3n) is 5.82. The number of rotatable bonds is 5. The fourth-order valence-electron chi connectivity index (χ4n) is 4.09. The number of aromatic nitrogens is 2. The zero-order chi connectivity index (χ0) is 22.1. The Hall–Kier alpha value is -2.94. The van der Waals surface area contributed by atoms with E-state index in [2.05, 4.69) is 32.4 Å². The fourth-order valence-corrected chi connectivity index (χ4v) is 4.84. The van der Waals surface area contributed by atoms with Gasteiger partial charge in [0.2, 0.25) is 0 Å². The lowest BCUT2D eigenvalue weighted by Gasteiger charge is -2.34. The second kappa shape index (κ2) is 8.90. The largest absolute Gasteiger partial charge is 0.296 e. The summed E-state index contributed by atoms with van der Waals surface area (Å²) in [5.41, 5.74) is 0.720. The Morgan fingerprint density at radius 3 is 2.34 bits per heavy atom. The lowest BCUT2D eigenvalue weighted by molar-refractivity contribution is 0.0979. The number of thiophene rings is 1. The van der Waals surface area contributed by atoms with Gasteiger partial charge >= 0.3 is 0 Å². The van der Waals surface area contributed by atoms with E-state index < -0.39 is 11.6 Å². The lowest BCUT2D eigenvalue weighted by Crippen LogP contribution is -2.47. The first-order valence-corrected chi connectivity index (χ1v) is 11.4. The Balaban J connectivity index is 1.41. The van der Waals surface area contributed by atoms with E-state index in [1.807, 2.05) is 6.07 Å². The molecule has 1 aliphatic rings. The molecule has 0 bridgehead atoms. The second-order valence-corrected chi connectivity index (χ2v) is 8.97. The fraction of sp³-hybridized carbons (Fsp3) is 0.250. The summed E-state index contributed by atoms with van der Waals surface area (Å²) < 4.78 is 28.8. The Kier molecular flexibility index (Phi) is 5.82. The molecule has 5 nitrogen and oxygen atoms in total. The summed E-state index contributed by atoms with van der Waals surface area (Å²) in [5, 5.41) is 7.81. The van der Waals surface area contributed by atoms with Crippen molar-refractivity contribution in [3.05, 3.63) is 86.8 Å². The van der Waals surface area contributed by atoms with E-state index in [1.54, 1.807) is 29.5 Å². The minimum Gasteiger partial charge on any atom is -0.296 e. The molecule has 8 heteroatoms. The zero-order valence-electron chi connectivity index (χ0n) is 17.4. The van der Waals surface area contributed by atoms with E-state index in [1.165, 1.54) is 15.6 Å². The van der Waals surface area contributed by atoms with Crippen LogP contribution in [-0.4, -0.2) is 45.8 Å². The van der Waals surface area contributed by atoms with E-state index in [4.69, 9.17) is 0 Å². The highest BCUT2D eigenvalue weighted by molar-refractivity contribution is 7.09. The first-order valence-electron chi connectivity index (χ1n) is 10.5. The molecule has 32 heavy (non-hydrogen) atoms. The van der Waals surface area contributed by atoms with Crippen molar-refractivity contribution in [2.45, 2.75) is 13.2 Å². The Labute approximate surface area is 188 Å². The van der Waals surface area contributed by atoms with Crippen molar-refractivity contribution in [3.8, 4) is 11.3 Å². The van der Waals surface area contributed by atoms with Gasteiger partial charge in [-0.05, 0) is 35.7 Å². The molecule has 4 aromatic rings. The molecule has 0 aliphatic carbocycles. The summed E-state index contributed by atoms with van der Waals surface area (Å²) in [6.07, 6.45) is 0. The molecule has 3 heterocycles. The van der Waals surface area contributed by atoms with Gasteiger partial charge in [0.05, 0.1) is 17.7 Å². The van der Waals surface area contributed by atoms with Crippen molar-refractivity contribution < 1.29 is 8.78 Å². The van der Waals surface area contributed by atoms with Gasteiger partial charge < -0.3 is 0 Å². The van der Waals surface area contributed by atoms with Gasteiger partial charge in [-0.3, -0.25) is 14.6 Å². The second-order valence-electron chi connectivity index (χ2n) is 7.94. The van der Waals surface area contributed by atoms with Gasteiger partial charge in [0, 0.05) is 48.6 Å². The van der Waals surface area contributed by atoms with Crippen LogP contribution < -0.4 is 5.56 Å². The Morgan fingerprint density at radius 2 is 1.62 bits per heavy atom. The first kappa shape index (κ1) is 20.9. The first-order chi connectivity index (χ1) is 15.6. The van der Waals surface area contributed by atoms with Crippen molar-refractivity contribution in [1.82, 2.24) is 19.6 Å². The van der Waals surface area contributed by atoms with Crippen LogP contribution in [0.15, 0.2) is 64.8 Å². The number of piperazine rings is 1. The van der Waals surface area contributed by atoms with Crippen molar-refractivity contribution >= 4 is 22.1 Å². The molecule has 0 N–H and O–H groups in total. The topological polar surface area (TPSA) is 41.4 Å². The molecule has 0 unspecified atom stereocenters. The molecular weight excluding hydrogens is 430 g/mol. The molecule has 2 aromatic heterocycles. The molecule has 2 aromatic carbocycles. The normalized spacial score (nSPS) is 15.4. The average Bonchev–Trinajstić information content (AvgIpc) is 3.32. The predicted molar refractivity (Wildman–Crippen MR) is 123 cm³/mol. The molecular formula is C24H22F2N4OS. The third-order valence-corrected chi connectivity index (χ3v) is 6.68. The maximum Gasteiger partial charge on any atom is 0.275 e. The summed E-state index contributed by atoms with van der Waals surface area (Å²) >= 11 is 1.76. The molecule has 164 valence electrons. The summed E-state index contributed by atoms with van der Waals surface area (Å²) in [6.45, 7) is 4.78. The minimum atomic E-state index is -0.937. The summed E-state index contributed by atoms with van der Waals surface area (Å²) in [4.78, 5) is 19.1. The molecule has 1 saturated heterocycles. The molecule has 0 spiro atoms. The van der Waals surface area contributed by atoms with Crippen LogP contribution in [0, 0.1) is 11.6 Å². The lowest BCUT2D eigenvalue weighted by atomic mass is 10.0. The highest BCUT2D eigenvalue weighted by atomic mass is 32.1. The van der Waals surface area contributed by atoms with E-state index >= 15 is 0 Å². The van der Waals surface area contributed by atoms with Crippen molar-refractivity contribution in [1.29, 1.82) is 0 Å². The predicted octanol–water partition coefficient (Wildman–Crippen LogP) is 4.18. The minimum absolute atomic E-state index is 0.187. The number of hydrogen-bond donors (Lipinski definition) is 0. The van der Waals surface area contributed by atoms with Gasteiger partial charge in [-0.1, -0.05) is 24.3 Å². The number of benzene rings is 2. The van der Waals surface area contributed by atoms with Crippen LogP contribution in [0.25, 0.3) is 22.0 Å². The summed E-state index contributed by atoms with van der Waals surface area (Å²) in [7, 11) is 0. The van der Waals surface area contributed by atoms with Crippen LogP contribution in [0.1, 0.15) is 4.88 Å². The van der Waals surface area contributed by atoms with Crippen LogP contribution in [0.4, 0.5) is 8.78 Å². The van der Waals surface area contributed by atoms with E-state index in [0.717, 1.165) is 44.9 Å². The Morgan fingerprint density at radius 1 is 0.875 bits per heavy atom. The smallest absolute Gasteiger partial charge is 0.275 e. The van der Waals surface area contributed by atoms with Crippen LogP contribution in [-0.2, 0) is 13.2 Å². The van der Waals surface area contributed by atoms with Gasteiger partial charge in [-0.25, -0.2) is 13.5 Å². The van der Waals surface area contributed by atoms with E-state index in [0.29, 0.717) is 28.7 Å². The van der Waals surface area contributed by atoms with Crippen molar-refractivity contribution in [3.63, 3.8) is 0 Å². The molecule has 0 radical (unpaired) electrons. The SMILES string of the molecule is O=c1c2ccccc2c(-c2ccc(F)c(F)c2)nn1CN1CCN(Cc2cccs2)CC1. The van der Waals surface area contributed by atoms with Gasteiger partial charge in [-0.2, -0.15) is 5.10 Å². The van der Waals surface area contributed by atoms with Crippen LogP contribution in [0.5, 0.6) is 0 Å². The van der Waals surface area contributed by atoms with Gasteiger partial charge in [0.25, 0.3) is 5.56 Å². The van der Waals surface area contributed by atoms with Crippen molar-refractivity contribution in [2.24, 2.45) is 0 Å². The van der Waals surface area contributed by atoms with E-state index in [-0.39, 0.29) is 5.56 Å². The molecule has 5 rings (SSSR count). The highest BCUT2D eigenvalue weighted by Gasteiger charge is 2.20. The van der Waals surface area contributed by atoms with Crippen molar-refractivity contribution in [2.75, 3.05) is 26.2 Å². The Bertz CT molecular complexity index is 1300. The maximum atomic E-state index is 13.9. The number of halogens is 2. The standard InChI is InChI=1S/C24H22F2N4OS/c25-21-8-7-17(14-22(21)26)23-19-5-1-2-6-20(19)24(31)30(27-23)16-29-11-9-28(10-12-29)15-18-4-3-13-32-18/h1-8,13-14H,9-12,15-16H2. The van der Waals surface area contributed by atoms with Gasteiger partial charge in [0.1, 0.15) is 0 Å². The molecule has 0 saturated carbocycles. The monoisotopic (exact) mass is 452 g/mol. The van der Waals surface area contributed by atoms with Crippen LogP contribution in [0.2, 0.25) is 0 Å². The molecule has 1 aliphatic heterocycles. The third kappa shape index (κ3) is 4.21. The highest BCUT2D eigenvalue weighted by Crippen LogP contribution is 2.26. The summed E-state index contributed by atoms with van der Waals surface area (Å²) in [5.74, 6) is -1.85. The molecule has 0 atom stereocenters. The maximum absolute atomic E-state index is 13.9. The summed E-state index contributed by atoms with van der Waals surface area (Å²) in [6, 6.07) is 15.1. The number of hydrogen-bond acceptors (Lipinski definition) is 5. The van der Waals surface area contributed by atoms with E-state index in [9.17, 15) is 13.6 Å².